The molecule has 0 amide bonds. The zero-order valence-electron chi connectivity index (χ0n) is 6.11. The number of benzene rings is 1. The summed E-state index contributed by atoms with van der Waals surface area (Å²) in [7, 11) is -1.28. The predicted octanol–water partition coefficient (Wildman–Crippen LogP) is 0.750. The number of hydrogen-bond acceptors (Lipinski definition) is 3. The molecule has 0 aliphatic carbocycles. The van der Waals surface area contributed by atoms with Crippen molar-refractivity contribution in [3.63, 3.8) is 0 Å². The van der Waals surface area contributed by atoms with Crippen molar-refractivity contribution in [3.8, 4) is 0 Å². The maximum absolute atomic E-state index is 10.2. The SMILES string of the molecule is O=C(Cl)OB(O)c1ccccc1. The summed E-state index contributed by atoms with van der Waals surface area (Å²) in [6.45, 7) is 0. The molecule has 1 aromatic rings. The second-order valence-electron chi connectivity index (χ2n) is 2.12. The zero-order valence-corrected chi connectivity index (χ0v) is 6.86. The first-order valence-corrected chi connectivity index (χ1v) is 3.67. The molecule has 0 aromatic heterocycles. The summed E-state index contributed by atoms with van der Waals surface area (Å²) in [5.74, 6) is 0. The van der Waals surface area contributed by atoms with E-state index in [1.807, 2.05) is 0 Å². The van der Waals surface area contributed by atoms with E-state index in [1.54, 1.807) is 30.3 Å². The molecule has 0 radical (unpaired) electrons. The summed E-state index contributed by atoms with van der Waals surface area (Å²) < 4.78 is 4.32. The molecular formula is C7H6BClO3. The first-order valence-electron chi connectivity index (χ1n) is 3.29. The lowest BCUT2D eigenvalue weighted by molar-refractivity contribution is 0.218. The highest BCUT2D eigenvalue weighted by Crippen LogP contribution is 1.92. The minimum absolute atomic E-state index is 0.492. The molecule has 0 unspecified atom stereocenters. The topological polar surface area (TPSA) is 46.5 Å². The highest BCUT2D eigenvalue weighted by Gasteiger charge is 2.19. The number of rotatable bonds is 2. The van der Waals surface area contributed by atoms with Gasteiger partial charge in [-0.05, 0) is 5.46 Å². The van der Waals surface area contributed by atoms with Crippen molar-refractivity contribution in [2.75, 3.05) is 0 Å². The lowest BCUT2D eigenvalue weighted by Crippen LogP contribution is -2.34. The fourth-order valence-corrected chi connectivity index (χ4v) is 0.858. The zero-order chi connectivity index (χ0) is 8.97. The average Bonchev–Trinajstić information content (AvgIpc) is 2.05. The lowest BCUT2D eigenvalue weighted by atomic mass is 9.80. The lowest BCUT2D eigenvalue weighted by Gasteiger charge is -2.03. The van der Waals surface area contributed by atoms with Crippen molar-refractivity contribution in [2.24, 2.45) is 0 Å². The maximum Gasteiger partial charge on any atom is 0.562 e. The Morgan fingerprint density at radius 1 is 1.42 bits per heavy atom. The van der Waals surface area contributed by atoms with Crippen molar-refractivity contribution < 1.29 is 14.5 Å². The van der Waals surface area contributed by atoms with Crippen LogP contribution in [0.15, 0.2) is 30.3 Å². The summed E-state index contributed by atoms with van der Waals surface area (Å²) in [5, 5.41) is 9.16. The molecule has 1 rings (SSSR count). The average molecular weight is 184 g/mol. The van der Waals surface area contributed by atoms with Crippen LogP contribution in [0.1, 0.15) is 0 Å². The first-order chi connectivity index (χ1) is 5.70. The number of halogens is 1. The van der Waals surface area contributed by atoms with Crippen LogP contribution in [0, 0.1) is 0 Å². The Labute approximate surface area is 75.1 Å². The van der Waals surface area contributed by atoms with Crippen LogP contribution in [-0.4, -0.2) is 17.6 Å². The molecule has 0 atom stereocenters. The molecule has 0 aliphatic heterocycles. The highest BCUT2D eigenvalue weighted by molar-refractivity contribution is 6.69. The van der Waals surface area contributed by atoms with Crippen molar-refractivity contribution in [3.05, 3.63) is 30.3 Å². The number of carbonyl (C=O) groups excluding carboxylic acids is 1. The molecule has 0 fully saturated rings. The number of carbonyl (C=O) groups is 1. The smallest absolute Gasteiger partial charge is 0.493 e. The Hall–Kier alpha value is -0.995. The Morgan fingerprint density at radius 2 is 2.00 bits per heavy atom. The van der Waals surface area contributed by atoms with Gasteiger partial charge in [-0.2, -0.15) is 0 Å². The van der Waals surface area contributed by atoms with Crippen molar-refractivity contribution in [2.45, 2.75) is 0 Å². The Kier molecular flexibility index (Phi) is 3.14. The van der Waals surface area contributed by atoms with Gasteiger partial charge < -0.3 is 9.68 Å². The van der Waals surface area contributed by atoms with E-state index < -0.39 is 12.5 Å². The van der Waals surface area contributed by atoms with Gasteiger partial charge in [0, 0.05) is 11.6 Å². The Morgan fingerprint density at radius 3 is 2.50 bits per heavy atom. The van der Waals surface area contributed by atoms with Crippen LogP contribution in [-0.2, 0) is 4.65 Å². The Balaban J connectivity index is 2.65. The van der Waals surface area contributed by atoms with Crippen LogP contribution in [0.2, 0.25) is 0 Å². The molecule has 0 aliphatic rings. The number of hydrogen-bond donors (Lipinski definition) is 1. The molecule has 0 saturated heterocycles. The van der Waals surface area contributed by atoms with Crippen molar-refractivity contribution in [1.82, 2.24) is 0 Å². The summed E-state index contributed by atoms with van der Waals surface area (Å²) in [6, 6.07) is 8.50. The minimum Gasteiger partial charge on any atom is -0.493 e. The predicted molar refractivity (Wildman–Crippen MR) is 46.4 cm³/mol. The molecule has 62 valence electrons. The van der Waals surface area contributed by atoms with E-state index in [9.17, 15) is 4.79 Å². The van der Waals surface area contributed by atoms with Gasteiger partial charge in [-0.15, -0.1) is 0 Å². The molecule has 1 aromatic carbocycles. The van der Waals surface area contributed by atoms with Gasteiger partial charge in [-0.25, -0.2) is 4.79 Å². The molecule has 0 spiro atoms. The van der Waals surface area contributed by atoms with Crippen LogP contribution >= 0.6 is 11.6 Å². The quantitative estimate of drug-likeness (QED) is 0.545. The summed E-state index contributed by atoms with van der Waals surface area (Å²) in [5.41, 5.74) is -0.530. The van der Waals surface area contributed by atoms with E-state index in [2.05, 4.69) is 4.65 Å². The summed E-state index contributed by atoms with van der Waals surface area (Å²) >= 11 is 4.90. The molecule has 12 heavy (non-hydrogen) atoms. The van der Waals surface area contributed by atoms with E-state index >= 15 is 0 Å². The highest BCUT2D eigenvalue weighted by atomic mass is 35.5. The molecule has 3 nitrogen and oxygen atoms in total. The van der Waals surface area contributed by atoms with Gasteiger partial charge in [-0.3, -0.25) is 0 Å². The van der Waals surface area contributed by atoms with E-state index in [1.165, 1.54) is 0 Å². The standard InChI is InChI=1S/C7H6BClO3/c9-7(10)12-8(11)6-4-2-1-3-5-6/h1-5,11H. The van der Waals surface area contributed by atoms with Crippen LogP contribution < -0.4 is 5.46 Å². The summed E-state index contributed by atoms with van der Waals surface area (Å²) in [4.78, 5) is 10.2. The van der Waals surface area contributed by atoms with Crippen molar-refractivity contribution in [1.29, 1.82) is 0 Å². The van der Waals surface area contributed by atoms with Crippen LogP contribution in [0.25, 0.3) is 0 Å². The van der Waals surface area contributed by atoms with Crippen LogP contribution in [0.4, 0.5) is 4.79 Å². The third-order valence-corrected chi connectivity index (χ3v) is 1.38. The maximum atomic E-state index is 10.2. The normalized spacial score (nSPS) is 9.17. The van der Waals surface area contributed by atoms with Crippen LogP contribution in [0.5, 0.6) is 0 Å². The summed E-state index contributed by atoms with van der Waals surface area (Å²) in [6.07, 6.45) is 0. The van der Waals surface area contributed by atoms with E-state index in [0.717, 1.165) is 0 Å². The van der Waals surface area contributed by atoms with E-state index in [-0.39, 0.29) is 0 Å². The molecule has 5 heteroatoms. The van der Waals surface area contributed by atoms with Crippen molar-refractivity contribution >= 4 is 29.6 Å². The Bertz CT molecular complexity index is 265. The second kappa shape index (κ2) is 4.14. The van der Waals surface area contributed by atoms with E-state index in [4.69, 9.17) is 16.6 Å². The molecule has 1 N–H and O–H groups in total. The third-order valence-electron chi connectivity index (χ3n) is 1.29. The molecule has 0 bridgehead atoms. The first kappa shape index (κ1) is 9.10. The van der Waals surface area contributed by atoms with Gasteiger partial charge in [0.15, 0.2) is 0 Å². The van der Waals surface area contributed by atoms with Gasteiger partial charge in [0.1, 0.15) is 0 Å². The monoisotopic (exact) mass is 184 g/mol. The fourth-order valence-electron chi connectivity index (χ4n) is 0.773. The van der Waals surface area contributed by atoms with Gasteiger partial charge >= 0.3 is 12.5 Å². The van der Waals surface area contributed by atoms with Crippen LogP contribution in [0.3, 0.4) is 0 Å². The van der Waals surface area contributed by atoms with Gasteiger partial charge in [0.25, 0.3) is 0 Å². The minimum atomic E-state index is -1.28. The molecule has 0 saturated carbocycles. The fraction of sp³-hybridized carbons (Fsp3) is 0. The van der Waals surface area contributed by atoms with Gasteiger partial charge in [-0.1, -0.05) is 30.3 Å². The third kappa shape index (κ3) is 2.56. The van der Waals surface area contributed by atoms with E-state index in [0.29, 0.717) is 5.46 Å². The van der Waals surface area contributed by atoms with Gasteiger partial charge in [0.05, 0.1) is 0 Å². The second-order valence-corrected chi connectivity index (χ2v) is 2.43. The molecular weight excluding hydrogens is 178 g/mol. The molecule has 0 heterocycles. The largest absolute Gasteiger partial charge is 0.562 e. The van der Waals surface area contributed by atoms with Gasteiger partial charge in [0.2, 0.25) is 0 Å².